The first-order valence-corrected chi connectivity index (χ1v) is 9.68. The van der Waals surface area contributed by atoms with E-state index in [4.69, 9.17) is 4.74 Å². The van der Waals surface area contributed by atoms with Crippen molar-refractivity contribution in [2.45, 2.75) is 19.9 Å². The Hall–Kier alpha value is -3.60. The van der Waals surface area contributed by atoms with E-state index >= 15 is 0 Å². The van der Waals surface area contributed by atoms with Crippen LogP contribution in [0.5, 0.6) is 0 Å². The fraction of sp³-hybridized carbons (Fsp3) is 0.167. The second-order valence-corrected chi connectivity index (χ2v) is 6.86. The van der Waals surface area contributed by atoms with Gasteiger partial charge in [0, 0.05) is 40.2 Å². The number of fused-ring (bicyclic) bond motifs is 1. The largest absolute Gasteiger partial charge is 0.462 e. The topological polar surface area (TPSA) is 67.0 Å². The normalized spacial score (nSPS) is 11.9. The van der Waals surface area contributed by atoms with Gasteiger partial charge in [0.25, 0.3) is 0 Å². The molecular weight excluding hydrogens is 362 g/mol. The quantitative estimate of drug-likeness (QED) is 0.445. The monoisotopic (exact) mass is 385 g/mol. The SMILES string of the molecule is CCOC(=O)c1ccc(N[C@H](c2ccncc2)c2c(C)[nH]c3ccccc23)cc1. The van der Waals surface area contributed by atoms with Crippen LogP contribution in [0.1, 0.15) is 40.1 Å². The first-order valence-electron chi connectivity index (χ1n) is 9.68. The van der Waals surface area contributed by atoms with Gasteiger partial charge in [0.05, 0.1) is 18.2 Å². The molecule has 0 fully saturated rings. The van der Waals surface area contributed by atoms with Gasteiger partial charge < -0.3 is 15.0 Å². The summed E-state index contributed by atoms with van der Waals surface area (Å²) in [5, 5.41) is 4.81. The van der Waals surface area contributed by atoms with Crippen molar-refractivity contribution in [1.29, 1.82) is 0 Å². The third-order valence-corrected chi connectivity index (χ3v) is 4.98. The number of aromatic nitrogens is 2. The van der Waals surface area contributed by atoms with Gasteiger partial charge in [0.1, 0.15) is 0 Å². The van der Waals surface area contributed by atoms with Crippen LogP contribution in [0.25, 0.3) is 10.9 Å². The summed E-state index contributed by atoms with van der Waals surface area (Å²) in [6, 6.07) is 19.7. The number of para-hydroxylation sites is 1. The average molecular weight is 385 g/mol. The predicted octanol–water partition coefficient (Wildman–Crippen LogP) is 5.25. The summed E-state index contributed by atoms with van der Waals surface area (Å²) < 4.78 is 5.07. The molecule has 5 heteroatoms. The first-order chi connectivity index (χ1) is 14.2. The fourth-order valence-electron chi connectivity index (χ4n) is 3.63. The molecular formula is C24H23N3O2. The van der Waals surface area contributed by atoms with Crippen molar-refractivity contribution in [1.82, 2.24) is 9.97 Å². The van der Waals surface area contributed by atoms with Gasteiger partial charge in [-0.2, -0.15) is 0 Å². The molecule has 4 aromatic rings. The van der Waals surface area contributed by atoms with Crippen LogP contribution in [0.15, 0.2) is 73.1 Å². The highest BCUT2D eigenvalue weighted by Crippen LogP contribution is 2.34. The van der Waals surface area contributed by atoms with Gasteiger partial charge in [-0.25, -0.2) is 4.79 Å². The molecule has 0 unspecified atom stereocenters. The molecule has 0 aliphatic heterocycles. The van der Waals surface area contributed by atoms with Gasteiger partial charge in [0.15, 0.2) is 0 Å². The minimum absolute atomic E-state index is 0.0670. The zero-order valence-electron chi connectivity index (χ0n) is 16.5. The first kappa shape index (κ1) is 18.7. The molecule has 0 spiro atoms. The Morgan fingerprint density at radius 3 is 2.52 bits per heavy atom. The summed E-state index contributed by atoms with van der Waals surface area (Å²) in [7, 11) is 0. The van der Waals surface area contributed by atoms with Crippen molar-refractivity contribution in [2.75, 3.05) is 11.9 Å². The number of anilines is 1. The van der Waals surface area contributed by atoms with Gasteiger partial charge in [-0.3, -0.25) is 4.98 Å². The minimum atomic E-state index is -0.308. The van der Waals surface area contributed by atoms with Crippen LogP contribution < -0.4 is 5.32 Å². The van der Waals surface area contributed by atoms with E-state index in [2.05, 4.69) is 40.4 Å². The predicted molar refractivity (Wildman–Crippen MR) is 115 cm³/mol. The van der Waals surface area contributed by atoms with E-state index in [9.17, 15) is 4.79 Å². The fourth-order valence-corrected chi connectivity index (χ4v) is 3.63. The maximum absolute atomic E-state index is 11.9. The number of carbonyl (C=O) groups excluding carboxylic acids is 1. The number of hydrogen-bond acceptors (Lipinski definition) is 4. The molecule has 2 aromatic heterocycles. The number of H-pyrrole nitrogens is 1. The van der Waals surface area contributed by atoms with E-state index in [1.807, 2.05) is 30.3 Å². The Morgan fingerprint density at radius 2 is 1.79 bits per heavy atom. The molecule has 146 valence electrons. The van der Waals surface area contributed by atoms with Gasteiger partial charge >= 0.3 is 5.97 Å². The van der Waals surface area contributed by atoms with E-state index in [-0.39, 0.29) is 12.0 Å². The minimum Gasteiger partial charge on any atom is -0.462 e. The van der Waals surface area contributed by atoms with Crippen LogP contribution in [-0.2, 0) is 4.74 Å². The number of aromatic amines is 1. The third-order valence-electron chi connectivity index (χ3n) is 4.98. The van der Waals surface area contributed by atoms with Crippen molar-refractivity contribution in [2.24, 2.45) is 0 Å². The number of rotatable bonds is 6. The molecule has 0 radical (unpaired) electrons. The lowest BCUT2D eigenvalue weighted by atomic mass is 9.96. The summed E-state index contributed by atoms with van der Waals surface area (Å²) in [5.41, 5.74) is 6.00. The molecule has 2 aromatic carbocycles. The Morgan fingerprint density at radius 1 is 1.07 bits per heavy atom. The average Bonchev–Trinajstić information content (AvgIpc) is 3.09. The summed E-state index contributed by atoms with van der Waals surface area (Å²) in [6.45, 7) is 4.26. The maximum Gasteiger partial charge on any atom is 0.338 e. The Balaban J connectivity index is 1.73. The highest BCUT2D eigenvalue weighted by atomic mass is 16.5. The molecule has 0 saturated carbocycles. The Bertz CT molecular complexity index is 1120. The number of hydrogen-bond donors (Lipinski definition) is 2. The van der Waals surface area contributed by atoms with E-state index in [1.54, 1.807) is 31.5 Å². The second-order valence-electron chi connectivity index (χ2n) is 6.86. The lowest BCUT2D eigenvalue weighted by Crippen LogP contribution is -2.13. The summed E-state index contributed by atoms with van der Waals surface area (Å²) >= 11 is 0. The van der Waals surface area contributed by atoms with Crippen molar-refractivity contribution < 1.29 is 9.53 Å². The van der Waals surface area contributed by atoms with Crippen LogP contribution in [-0.4, -0.2) is 22.5 Å². The van der Waals surface area contributed by atoms with Crippen molar-refractivity contribution in [3.63, 3.8) is 0 Å². The molecule has 0 amide bonds. The van der Waals surface area contributed by atoms with Crippen LogP contribution in [0.4, 0.5) is 5.69 Å². The number of carbonyl (C=O) groups is 1. The molecule has 0 bridgehead atoms. The van der Waals surface area contributed by atoms with Gasteiger partial charge in [-0.15, -0.1) is 0 Å². The van der Waals surface area contributed by atoms with Crippen LogP contribution in [0.2, 0.25) is 0 Å². The van der Waals surface area contributed by atoms with Gasteiger partial charge in [-0.1, -0.05) is 18.2 Å². The molecule has 5 nitrogen and oxygen atoms in total. The Labute approximate surface area is 169 Å². The lowest BCUT2D eigenvalue weighted by molar-refractivity contribution is 0.0526. The second kappa shape index (κ2) is 8.19. The Kier molecular flexibility index (Phi) is 5.29. The summed E-state index contributed by atoms with van der Waals surface area (Å²) in [5.74, 6) is -0.308. The number of benzene rings is 2. The molecule has 2 N–H and O–H groups in total. The van der Waals surface area contributed by atoms with Crippen molar-refractivity contribution >= 4 is 22.6 Å². The number of nitrogens with one attached hydrogen (secondary N) is 2. The smallest absolute Gasteiger partial charge is 0.338 e. The van der Waals surface area contributed by atoms with Crippen LogP contribution >= 0.6 is 0 Å². The maximum atomic E-state index is 11.9. The molecule has 0 aliphatic rings. The van der Waals surface area contributed by atoms with Crippen molar-refractivity contribution in [3.05, 3.63) is 95.4 Å². The van der Waals surface area contributed by atoms with E-state index in [0.29, 0.717) is 12.2 Å². The molecule has 29 heavy (non-hydrogen) atoms. The van der Waals surface area contributed by atoms with E-state index in [0.717, 1.165) is 22.5 Å². The number of esters is 1. The lowest BCUT2D eigenvalue weighted by Gasteiger charge is -2.21. The van der Waals surface area contributed by atoms with Crippen LogP contribution in [0.3, 0.4) is 0 Å². The zero-order valence-corrected chi connectivity index (χ0v) is 16.5. The zero-order chi connectivity index (χ0) is 20.2. The van der Waals surface area contributed by atoms with Crippen molar-refractivity contribution in [3.8, 4) is 0 Å². The molecule has 0 aliphatic carbocycles. The van der Waals surface area contributed by atoms with Gasteiger partial charge in [0.2, 0.25) is 0 Å². The number of nitrogens with zero attached hydrogens (tertiary/aromatic N) is 1. The third kappa shape index (κ3) is 3.85. The standard InChI is InChI=1S/C24H23N3O2/c1-3-29-24(28)18-8-10-19(11-9-18)27-23(17-12-14-25-15-13-17)22-16(2)26-21-7-5-4-6-20(21)22/h4-15,23,26-27H,3H2,1-2H3/t23-/m1/s1. The summed E-state index contributed by atoms with van der Waals surface area (Å²) in [4.78, 5) is 19.6. The van der Waals surface area contributed by atoms with E-state index < -0.39 is 0 Å². The van der Waals surface area contributed by atoms with E-state index in [1.165, 1.54) is 10.9 Å². The highest BCUT2D eigenvalue weighted by molar-refractivity contribution is 5.90. The highest BCUT2D eigenvalue weighted by Gasteiger charge is 2.21. The number of pyridine rings is 1. The molecule has 4 rings (SSSR count). The molecule has 1 atom stereocenters. The molecule has 2 heterocycles. The molecule has 0 saturated heterocycles. The van der Waals surface area contributed by atoms with Crippen LogP contribution in [0, 0.1) is 6.92 Å². The summed E-state index contributed by atoms with van der Waals surface area (Å²) in [6.07, 6.45) is 3.61. The van der Waals surface area contributed by atoms with Gasteiger partial charge in [-0.05, 0) is 61.9 Å². The number of ether oxygens (including phenoxy) is 1. The number of aryl methyl sites for hydroxylation is 1.